The van der Waals surface area contributed by atoms with Gasteiger partial charge in [0, 0.05) is 51.3 Å². The average molecular weight is 1010 g/mol. The summed E-state index contributed by atoms with van der Waals surface area (Å²) in [6.07, 6.45) is 1.96. The molecule has 77 heavy (non-hydrogen) atoms. The second-order valence-corrected chi connectivity index (χ2v) is 25.5. The maximum absolute atomic E-state index is 7.18. The number of hydrogen-bond acceptors (Lipinski definition) is 4. The van der Waals surface area contributed by atoms with Gasteiger partial charge in [0.1, 0.15) is 24.0 Å². The van der Waals surface area contributed by atoms with Gasteiger partial charge < -0.3 is 14.5 Å². The molecule has 0 radical (unpaired) electrons. The number of ether oxygens (including phenoxy) is 1. The maximum Gasteiger partial charge on any atom is 0.137 e. The van der Waals surface area contributed by atoms with Gasteiger partial charge in [0.25, 0.3) is 0 Å². The maximum atomic E-state index is 7.18. The van der Waals surface area contributed by atoms with E-state index in [1.807, 2.05) is 6.20 Å². The summed E-state index contributed by atoms with van der Waals surface area (Å²) in [5.74, 6) is 2.41. The van der Waals surface area contributed by atoms with E-state index in [1.165, 1.54) is 67.1 Å². The van der Waals surface area contributed by atoms with E-state index >= 15 is 0 Å². The van der Waals surface area contributed by atoms with Gasteiger partial charge in [-0.25, -0.2) is 4.98 Å². The number of rotatable bonds is 10. The molecule has 0 saturated carbocycles. The van der Waals surface area contributed by atoms with Crippen LogP contribution in [0.25, 0.3) is 38.8 Å². The molecule has 0 saturated heterocycles. The van der Waals surface area contributed by atoms with E-state index in [0.717, 1.165) is 44.8 Å². The van der Waals surface area contributed by atoms with Crippen molar-refractivity contribution < 1.29 is 4.74 Å². The smallest absolute Gasteiger partial charge is 0.137 e. The van der Waals surface area contributed by atoms with Crippen LogP contribution in [0.2, 0.25) is 0 Å². The molecule has 388 valence electrons. The minimum absolute atomic E-state index is 0.0367. The van der Waals surface area contributed by atoms with Crippen LogP contribution in [-0.4, -0.2) is 16.2 Å². The highest BCUT2D eigenvalue weighted by Gasteiger charge is 2.34. The fourth-order valence-electron chi connectivity index (χ4n) is 11.2. The lowest BCUT2D eigenvalue weighted by Gasteiger charge is -2.30. The van der Waals surface area contributed by atoms with Crippen LogP contribution in [0, 0.1) is 0 Å². The molecule has 1 aliphatic heterocycles. The predicted molar refractivity (Wildman–Crippen MR) is 326 cm³/mol. The lowest BCUT2D eigenvalue weighted by molar-refractivity contribution is 0.479. The Morgan fingerprint density at radius 3 is 1.51 bits per heavy atom. The van der Waals surface area contributed by atoms with Crippen LogP contribution >= 0.6 is 0 Å². The summed E-state index contributed by atoms with van der Waals surface area (Å²) in [4.78, 5) is 10.1. The molecule has 5 heteroatoms. The van der Waals surface area contributed by atoms with Crippen LogP contribution in [-0.2, 0) is 27.1 Å². The molecule has 3 heterocycles. The first kappa shape index (κ1) is 51.2. The van der Waals surface area contributed by atoms with E-state index in [2.05, 4.69) is 298 Å². The van der Waals surface area contributed by atoms with Gasteiger partial charge in [-0.1, -0.05) is 199 Å². The van der Waals surface area contributed by atoms with Crippen molar-refractivity contribution in [2.75, 3.05) is 16.5 Å². The molecule has 0 fully saturated rings. The summed E-state index contributed by atoms with van der Waals surface area (Å²) in [6.45, 7) is 30.7. The third kappa shape index (κ3) is 9.71. The molecule has 0 spiro atoms. The van der Waals surface area contributed by atoms with Crippen molar-refractivity contribution in [2.24, 2.45) is 0 Å². The molecule has 2 aromatic heterocycles. The van der Waals surface area contributed by atoms with Crippen LogP contribution in [0.15, 0.2) is 200 Å². The second-order valence-electron chi connectivity index (χ2n) is 25.5. The molecule has 8 aromatic carbocycles. The third-order valence-corrected chi connectivity index (χ3v) is 16.4. The molecular formula is C72H74N4O. The van der Waals surface area contributed by atoms with Crippen molar-refractivity contribution in [3.63, 3.8) is 0 Å². The zero-order valence-electron chi connectivity index (χ0n) is 47.5. The molecule has 0 amide bonds. The van der Waals surface area contributed by atoms with Crippen LogP contribution in [0.3, 0.4) is 0 Å². The molecule has 10 aromatic rings. The van der Waals surface area contributed by atoms with Crippen molar-refractivity contribution in [3.05, 3.63) is 239 Å². The molecular weight excluding hydrogens is 937 g/mol. The first-order valence-electron chi connectivity index (χ1n) is 27.4. The average Bonchev–Trinajstić information content (AvgIpc) is 4.09. The van der Waals surface area contributed by atoms with Crippen LogP contribution in [0.5, 0.6) is 11.5 Å². The van der Waals surface area contributed by atoms with E-state index in [-0.39, 0.29) is 27.1 Å². The number of hydrogen-bond donors (Lipinski definition) is 0. The summed E-state index contributed by atoms with van der Waals surface area (Å²) in [5, 5.41) is 2.30. The van der Waals surface area contributed by atoms with Gasteiger partial charge in [-0.2, -0.15) is 0 Å². The van der Waals surface area contributed by atoms with Gasteiger partial charge in [-0.15, -0.1) is 0 Å². The summed E-state index contributed by atoms with van der Waals surface area (Å²) in [5.41, 5.74) is 17.3. The molecule has 1 aliphatic rings. The Bertz CT molecular complexity index is 3780. The van der Waals surface area contributed by atoms with E-state index in [9.17, 15) is 0 Å². The van der Waals surface area contributed by atoms with Crippen LogP contribution in [0.1, 0.15) is 129 Å². The summed E-state index contributed by atoms with van der Waals surface area (Å²) < 4.78 is 9.50. The zero-order chi connectivity index (χ0) is 54.2. The monoisotopic (exact) mass is 1010 g/mol. The molecule has 5 nitrogen and oxygen atoms in total. The van der Waals surface area contributed by atoms with E-state index in [4.69, 9.17) is 9.72 Å². The van der Waals surface area contributed by atoms with Gasteiger partial charge in [0.2, 0.25) is 0 Å². The molecule has 0 aliphatic carbocycles. The van der Waals surface area contributed by atoms with Gasteiger partial charge in [0.05, 0.1) is 22.4 Å². The Morgan fingerprint density at radius 1 is 0.364 bits per heavy atom. The zero-order valence-corrected chi connectivity index (χ0v) is 47.5. The highest BCUT2D eigenvalue weighted by Crippen LogP contribution is 2.50. The van der Waals surface area contributed by atoms with Gasteiger partial charge in [-0.05, 0) is 139 Å². The highest BCUT2D eigenvalue weighted by molar-refractivity contribution is 6.10. The summed E-state index contributed by atoms with van der Waals surface area (Å²) >= 11 is 0. The Hall–Kier alpha value is -7.89. The standard InChI is InChI=1S/C72H74N4O/c1-68(2,3)54-38-55(69(4,5)6)40-57(39-54)75-47-74(64-34-30-52(43-66(64)75)71(10,11)50-25-19-15-20-26-50)58-41-56(70(7,8)9)42-60(45-58)77-59-31-32-61-62-37-49(48-23-17-14-18-24-48)29-33-63(62)76(65(61)46-59)67-44-53(35-36-73-67)72(12,13)51-27-21-16-22-28-51/h14-46H,47H2,1-13H3. The minimum atomic E-state index is -0.248. The second kappa shape index (κ2) is 19.0. The largest absolute Gasteiger partial charge is 0.457 e. The molecule has 0 atom stereocenters. The predicted octanol–water partition coefficient (Wildman–Crippen LogP) is 19.4. The van der Waals surface area contributed by atoms with Crippen molar-refractivity contribution in [1.29, 1.82) is 0 Å². The Morgan fingerprint density at radius 2 is 0.909 bits per heavy atom. The van der Waals surface area contributed by atoms with Crippen molar-refractivity contribution in [1.82, 2.24) is 9.55 Å². The van der Waals surface area contributed by atoms with Crippen molar-refractivity contribution in [2.45, 2.75) is 117 Å². The molecule has 0 bridgehead atoms. The van der Waals surface area contributed by atoms with Gasteiger partial charge >= 0.3 is 0 Å². The number of pyridine rings is 1. The number of anilines is 4. The number of benzene rings is 8. The number of fused-ring (bicyclic) bond motifs is 4. The first-order valence-corrected chi connectivity index (χ1v) is 27.4. The first-order chi connectivity index (χ1) is 36.5. The third-order valence-electron chi connectivity index (χ3n) is 16.4. The molecule has 11 rings (SSSR count). The quantitative estimate of drug-likeness (QED) is 0.137. The Balaban J connectivity index is 1.05. The Kier molecular flexibility index (Phi) is 12.6. The summed E-state index contributed by atoms with van der Waals surface area (Å²) in [7, 11) is 0. The van der Waals surface area contributed by atoms with E-state index in [1.54, 1.807) is 0 Å². The fraction of sp³-hybridized carbons (Fsp3) is 0.264. The molecule has 0 N–H and O–H groups in total. The Labute approximate surface area is 457 Å². The highest BCUT2D eigenvalue weighted by atomic mass is 16.5. The van der Waals surface area contributed by atoms with E-state index in [0.29, 0.717) is 6.67 Å². The topological polar surface area (TPSA) is 33.5 Å². The van der Waals surface area contributed by atoms with Crippen molar-refractivity contribution in [3.8, 4) is 28.4 Å². The van der Waals surface area contributed by atoms with Crippen molar-refractivity contribution >= 4 is 44.6 Å². The minimum Gasteiger partial charge on any atom is -0.457 e. The lowest BCUT2D eigenvalue weighted by Crippen LogP contribution is -2.26. The SMILES string of the molecule is CC(C)(C)c1cc(Oc2ccc3c4cc(-c5ccccc5)ccc4n(-c4cc(C(C)(C)c5ccccc5)ccn4)c3c2)cc(N2CN(c3cc(C(C)(C)C)cc(C(C)(C)C)c3)c3cc(C(C)(C)c4ccccc4)ccc32)c1. The number of aromatic nitrogens is 2. The lowest BCUT2D eigenvalue weighted by atomic mass is 9.78. The normalized spacial score (nSPS) is 13.4. The van der Waals surface area contributed by atoms with Crippen LogP contribution in [0.4, 0.5) is 22.7 Å². The van der Waals surface area contributed by atoms with Gasteiger partial charge in [0.15, 0.2) is 0 Å². The van der Waals surface area contributed by atoms with Crippen LogP contribution < -0.4 is 14.5 Å². The van der Waals surface area contributed by atoms with Gasteiger partial charge in [-0.3, -0.25) is 4.57 Å². The number of nitrogens with zero attached hydrogens (tertiary/aromatic N) is 4. The summed E-state index contributed by atoms with van der Waals surface area (Å²) in [6, 6.07) is 71.3. The molecule has 0 unspecified atom stereocenters. The fourth-order valence-corrected chi connectivity index (χ4v) is 11.2. The van der Waals surface area contributed by atoms with E-state index < -0.39 is 0 Å².